The van der Waals surface area contributed by atoms with Gasteiger partial charge in [0.1, 0.15) is 0 Å². The summed E-state index contributed by atoms with van der Waals surface area (Å²) in [5, 5.41) is 5.05. The number of fused-ring (bicyclic) bond motifs is 4. The SMILES string of the molecule is c1ccc(-c2cc(-c3cc(-c4ccc5ccccc5c4)cc(-c4cccc5c4sc4ccccc45)c3)nc(-c3ccccc3)n2)cc1. The summed E-state index contributed by atoms with van der Waals surface area (Å²) in [6.45, 7) is 0. The minimum absolute atomic E-state index is 0.714. The number of thiophene rings is 1. The highest BCUT2D eigenvalue weighted by Crippen LogP contribution is 2.42. The van der Waals surface area contributed by atoms with Crippen LogP contribution in [0.1, 0.15) is 0 Å². The Morgan fingerprint density at radius 2 is 1.00 bits per heavy atom. The van der Waals surface area contributed by atoms with Crippen molar-refractivity contribution < 1.29 is 0 Å². The van der Waals surface area contributed by atoms with Crippen molar-refractivity contribution in [2.24, 2.45) is 0 Å². The third-order valence-corrected chi connectivity index (χ3v) is 10.1. The van der Waals surface area contributed by atoms with Gasteiger partial charge in [0.15, 0.2) is 5.82 Å². The molecule has 0 radical (unpaired) electrons. The van der Waals surface area contributed by atoms with Crippen LogP contribution in [-0.4, -0.2) is 9.97 Å². The third-order valence-electron chi connectivity index (χ3n) is 8.85. The molecule has 0 aliphatic carbocycles. The molecule has 2 aromatic heterocycles. The van der Waals surface area contributed by atoms with Crippen molar-refractivity contribution in [2.45, 2.75) is 0 Å². The Kier molecular flexibility index (Phi) is 6.69. The first-order chi connectivity index (χ1) is 23.3. The molecule has 0 saturated carbocycles. The van der Waals surface area contributed by atoms with E-state index < -0.39 is 0 Å². The summed E-state index contributed by atoms with van der Waals surface area (Å²) in [4.78, 5) is 10.3. The van der Waals surface area contributed by atoms with Crippen molar-refractivity contribution in [3.63, 3.8) is 0 Å². The molecular formula is C44H28N2S. The maximum Gasteiger partial charge on any atom is 0.160 e. The average Bonchev–Trinajstić information content (AvgIpc) is 3.54. The normalized spacial score (nSPS) is 11.4. The van der Waals surface area contributed by atoms with Crippen LogP contribution in [0.2, 0.25) is 0 Å². The Bertz CT molecular complexity index is 2510. The molecule has 7 aromatic carbocycles. The molecule has 0 atom stereocenters. The molecular weight excluding hydrogens is 589 g/mol. The fourth-order valence-electron chi connectivity index (χ4n) is 6.51. The lowest BCUT2D eigenvalue weighted by atomic mass is 9.93. The van der Waals surface area contributed by atoms with Crippen LogP contribution in [0.5, 0.6) is 0 Å². The van der Waals surface area contributed by atoms with E-state index in [2.05, 4.69) is 146 Å². The molecule has 220 valence electrons. The first-order valence-corrected chi connectivity index (χ1v) is 16.6. The molecule has 3 heteroatoms. The Morgan fingerprint density at radius 3 is 1.83 bits per heavy atom. The number of benzene rings is 7. The Balaban J connectivity index is 1.31. The minimum atomic E-state index is 0.714. The maximum absolute atomic E-state index is 5.21. The van der Waals surface area contributed by atoms with Gasteiger partial charge < -0.3 is 0 Å². The molecule has 0 unspecified atom stereocenters. The van der Waals surface area contributed by atoms with E-state index in [0.29, 0.717) is 5.82 Å². The van der Waals surface area contributed by atoms with Crippen molar-refractivity contribution in [1.82, 2.24) is 9.97 Å². The number of hydrogen-bond donors (Lipinski definition) is 0. The van der Waals surface area contributed by atoms with Crippen LogP contribution in [0, 0.1) is 0 Å². The van der Waals surface area contributed by atoms with Gasteiger partial charge in [0.25, 0.3) is 0 Å². The quantitative estimate of drug-likeness (QED) is 0.192. The van der Waals surface area contributed by atoms with Crippen molar-refractivity contribution in [3.05, 3.63) is 170 Å². The second kappa shape index (κ2) is 11.5. The first kappa shape index (κ1) is 27.4. The summed E-state index contributed by atoms with van der Waals surface area (Å²) in [5.41, 5.74) is 9.64. The van der Waals surface area contributed by atoms with Crippen LogP contribution in [0.25, 0.3) is 87.1 Å². The lowest BCUT2D eigenvalue weighted by Crippen LogP contribution is -1.96. The summed E-state index contributed by atoms with van der Waals surface area (Å²) in [6.07, 6.45) is 0. The van der Waals surface area contributed by atoms with Gasteiger partial charge in [-0.2, -0.15) is 0 Å². The second-order valence-corrected chi connectivity index (χ2v) is 12.9. The van der Waals surface area contributed by atoms with Crippen LogP contribution in [-0.2, 0) is 0 Å². The monoisotopic (exact) mass is 616 g/mol. The zero-order chi connectivity index (χ0) is 31.2. The van der Waals surface area contributed by atoms with Crippen molar-refractivity contribution >= 4 is 42.3 Å². The highest BCUT2D eigenvalue weighted by Gasteiger charge is 2.16. The highest BCUT2D eigenvalue weighted by molar-refractivity contribution is 7.26. The Hall–Kier alpha value is -5.90. The van der Waals surface area contributed by atoms with Gasteiger partial charge in [-0.3, -0.25) is 0 Å². The molecule has 0 aliphatic heterocycles. The number of hydrogen-bond acceptors (Lipinski definition) is 3. The summed E-state index contributed by atoms with van der Waals surface area (Å²) in [7, 11) is 0. The van der Waals surface area contributed by atoms with Gasteiger partial charge in [0.2, 0.25) is 0 Å². The lowest BCUT2D eigenvalue weighted by molar-refractivity contribution is 1.18. The van der Waals surface area contributed by atoms with Crippen LogP contribution >= 0.6 is 11.3 Å². The molecule has 0 aliphatic rings. The highest BCUT2D eigenvalue weighted by atomic mass is 32.1. The maximum atomic E-state index is 5.21. The van der Waals surface area contributed by atoms with E-state index in [9.17, 15) is 0 Å². The fraction of sp³-hybridized carbons (Fsp3) is 0. The summed E-state index contributed by atoms with van der Waals surface area (Å²) in [5.74, 6) is 0.714. The number of rotatable bonds is 5. The predicted octanol–water partition coefficient (Wildman–Crippen LogP) is 12.3. The van der Waals surface area contributed by atoms with Crippen molar-refractivity contribution in [2.75, 3.05) is 0 Å². The zero-order valence-corrected chi connectivity index (χ0v) is 26.3. The molecule has 0 bridgehead atoms. The second-order valence-electron chi connectivity index (χ2n) is 11.8. The number of nitrogens with zero attached hydrogens (tertiary/aromatic N) is 2. The van der Waals surface area contributed by atoms with Gasteiger partial charge in [0, 0.05) is 36.9 Å². The fourth-order valence-corrected chi connectivity index (χ4v) is 7.75. The van der Waals surface area contributed by atoms with E-state index >= 15 is 0 Å². The Labute approximate surface area is 277 Å². The molecule has 2 nitrogen and oxygen atoms in total. The van der Waals surface area contributed by atoms with Crippen molar-refractivity contribution in [1.29, 1.82) is 0 Å². The molecule has 0 fully saturated rings. The summed E-state index contributed by atoms with van der Waals surface area (Å²) >= 11 is 1.86. The molecule has 9 aromatic rings. The molecule has 2 heterocycles. The number of aromatic nitrogens is 2. The third kappa shape index (κ3) is 5.07. The van der Waals surface area contributed by atoms with Gasteiger partial charge in [0.05, 0.1) is 11.4 Å². The van der Waals surface area contributed by atoms with Gasteiger partial charge in [-0.15, -0.1) is 11.3 Å². The van der Waals surface area contributed by atoms with Crippen LogP contribution in [0.15, 0.2) is 170 Å². The first-order valence-electron chi connectivity index (χ1n) is 15.8. The molecule has 9 rings (SSSR count). The van der Waals surface area contributed by atoms with Gasteiger partial charge in [-0.25, -0.2) is 9.97 Å². The lowest BCUT2D eigenvalue weighted by Gasteiger charge is -2.14. The molecule has 0 spiro atoms. The smallest absolute Gasteiger partial charge is 0.160 e. The van der Waals surface area contributed by atoms with E-state index in [1.807, 2.05) is 35.6 Å². The van der Waals surface area contributed by atoms with Crippen LogP contribution in [0.4, 0.5) is 0 Å². The van der Waals surface area contributed by atoms with Gasteiger partial charge in [-0.1, -0.05) is 133 Å². The van der Waals surface area contributed by atoms with E-state index in [1.54, 1.807) is 0 Å². The van der Waals surface area contributed by atoms with Crippen LogP contribution in [0.3, 0.4) is 0 Å². The van der Waals surface area contributed by atoms with Crippen LogP contribution < -0.4 is 0 Å². The molecule has 0 saturated heterocycles. The average molecular weight is 617 g/mol. The topological polar surface area (TPSA) is 25.8 Å². The van der Waals surface area contributed by atoms with Crippen molar-refractivity contribution in [3.8, 4) is 56.2 Å². The molecule has 0 N–H and O–H groups in total. The van der Waals surface area contributed by atoms with Gasteiger partial charge in [-0.05, 0) is 69.4 Å². The zero-order valence-electron chi connectivity index (χ0n) is 25.5. The standard InChI is InChI=1S/C44H28N2S/c1-3-13-30(14-4-1)40-28-41(46-44(45-40)31-15-5-2-6-16-31)36-26-34(33-23-22-29-12-7-8-17-32(29)24-33)25-35(27-36)37-19-11-20-39-38-18-9-10-21-42(38)47-43(37)39/h1-28H. The van der Waals surface area contributed by atoms with E-state index in [1.165, 1.54) is 47.6 Å². The van der Waals surface area contributed by atoms with E-state index in [-0.39, 0.29) is 0 Å². The molecule has 0 amide bonds. The predicted molar refractivity (Wildman–Crippen MR) is 200 cm³/mol. The Morgan fingerprint density at radius 1 is 0.362 bits per heavy atom. The minimum Gasteiger partial charge on any atom is -0.228 e. The molecule has 47 heavy (non-hydrogen) atoms. The van der Waals surface area contributed by atoms with E-state index in [4.69, 9.17) is 9.97 Å². The summed E-state index contributed by atoms with van der Waals surface area (Å²) in [6, 6.07) is 60.4. The largest absolute Gasteiger partial charge is 0.228 e. The summed E-state index contributed by atoms with van der Waals surface area (Å²) < 4.78 is 2.60. The van der Waals surface area contributed by atoms with E-state index in [0.717, 1.165) is 33.6 Å². The van der Waals surface area contributed by atoms with Gasteiger partial charge >= 0.3 is 0 Å².